The van der Waals surface area contributed by atoms with E-state index >= 15 is 0 Å². The number of aliphatic carboxylic acids is 1. The van der Waals surface area contributed by atoms with Gasteiger partial charge in [-0.05, 0) is 39.3 Å². The molecular formula is C15H19N3O2. The highest BCUT2D eigenvalue weighted by Crippen LogP contribution is 2.24. The zero-order valence-electron chi connectivity index (χ0n) is 12.0. The molecule has 0 radical (unpaired) electrons. The first kappa shape index (κ1) is 14.2. The summed E-state index contributed by atoms with van der Waals surface area (Å²) in [6.45, 7) is 6.18. The lowest BCUT2D eigenvalue weighted by Crippen LogP contribution is -2.22. The molecule has 0 fully saturated rings. The molecule has 2 aromatic rings. The molecule has 1 N–H and O–H groups in total. The van der Waals surface area contributed by atoms with Gasteiger partial charge in [-0.3, -0.25) is 14.5 Å². The smallest absolute Gasteiger partial charge is 0.303 e. The van der Waals surface area contributed by atoms with Gasteiger partial charge in [0.25, 0.3) is 0 Å². The normalized spacial score (nSPS) is 11.6. The molecule has 5 nitrogen and oxygen atoms in total. The van der Waals surface area contributed by atoms with E-state index < -0.39 is 5.97 Å². The van der Waals surface area contributed by atoms with Gasteiger partial charge in [-0.25, -0.2) is 0 Å². The SMILES string of the molecule is CC(C)(C)n1cc(CCC(=O)O)c(-c2ccccn2)n1. The summed E-state index contributed by atoms with van der Waals surface area (Å²) in [5.41, 5.74) is 2.31. The highest BCUT2D eigenvalue weighted by atomic mass is 16.4. The van der Waals surface area contributed by atoms with E-state index in [-0.39, 0.29) is 12.0 Å². The number of pyridine rings is 1. The van der Waals surface area contributed by atoms with Gasteiger partial charge in [-0.2, -0.15) is 5.10 Å². The standard InChI is InChI=1S/C15H19N3O2/c1-15(2,3)18-10-11(7-8-13(19)20)14(17-18)12-6-4-5-9-16-12/h4-6,9-10H,7-8H2,1-3H3,(H,19,20). The molecule has 2 heterocycles. The van der Waals surface area contributed by atoms with Crippen LogP contribution >= 0.6 is 0 Å². The molecular weight excluding hydrogens is 254 g/mol. The van der Waals surface area contributed by atoms with Crippen molar-refractivity contribution in [3.8, 4) is 11.4 Å². The molecule has 0 saturated heterocycles. The number of aromatic nitrogens is 3. The largest absolute Gasteiger partial charge is 0.481 e. The molecule has 2 rings (SSSR count). The Morgan fingerprint density at radius 2 is 2.10 bits per heavy atom. The Morgan fingerprint density at radius 3 is 2.65 bits per heavy atom. The van der Waals surface area contributed by atoms with Crippen molar-refractivity contribution in [2.75, 3.05) is 0 Å². The summed E-state index contributed by atoms with van der Waals surface area (Å²) in [5.74, 6) is -0.805. The predicted molar refractivity (Wildman–Crippen MR) is 76.4 cm³/mol. The molecule has 0 atom stereocenters. The van der Waals surface area contributed by atoms with E-state index in [0.29, 0.717) is 6.42 Å². The van der Waals surface area contributed by atoms with Crippen LogP contribution in [-0.4, -0.2) is 25.8 Å². The fraction of sp³-hybridized carbons (Fsp3) is 0.400. The Labute approximate surface area is 118 Å². The molecule has 0 aliphatic rings. The van der Waals surface area contributed by atoms with Crippen LogP contribution in [0.3, 0.4) is 0 Å². The van der Waals surface area contributed by atoms with Gasteiger partial charge in [0.1, 0.15) is 5.69 Å². The summed E-state index contributed by atoms with van der Waals surface area (Å²) in [7, 11) is 0. The Morgan fingerprint density at radius 1 is 1.35 bits per heavy atom. The van der Waals surface area contributed by atoms with Crippen molar-refractivity contribution in [2.45, 2.75) is 39.2 Å². The number of carboxylic acid groups (broad SMARTS) is 1. The average molecular weight is 273 g/mol. The second kappa shape index (κ2) is 5.45. The van der Waals surface area contributed by atoms with Crippen LogP contribution in [0.15, 0.2) is 30.6 Å². The Bertz CT molecular complexity index is 597. The van der Waals surface area contributed by atoms with Gasteiger partial charge in [0.2, 0.25) is 0 Å². The topological polar surface area (TPSA) is 68.0 Å². The Hall–Kier alpha value is -2.17. The van der Waals surface area contributed by atoms with Crippen LogP contribution in [-0.2, 0) is 16.8 Å². The van der Waals surface area contributed by atoms with Crippen LogP contribution in [0.4, 0.5) is 0 Å². The molecule has 0 saturated carbocycles. The van der Waals surface area contributed by atoms with E-state index in [9.17, 15) is 4.79 Å². The first-order valence-electron chi connectivity index (χ1n) is 6.60. The molecule has 0 aliphatic heterocycles. The predicted octanol–water partition coefficient (Wildman–Crippen LogP) is 2.72. The van der Waals surface area contributed by atoms with Gasteiger partial charge in [0.15, 0.2) is 0 Å². The maximum Gasteiger partial charge on any atom is 0.303 e. The van der Waals surface area contributed by atoms with E-state index in [2.05, 4.69) is 30.9 Å². The fourth-order valence-electron chi connectivity index (χ4n) is 1.90. The first-order valence-corrected chi connectivity index (χ1v) is 6.60. The monoisotopic (exact) mass is 273 g/mol. The molecule has 106 valence electrons. The molecule has 0 aromatic carbocycles. The van der Waals surface area contributed by atoms with Gasteiger partial charge in [-0.15, -0.1) is 0 Å². The maximum absolute atomic E-state index is 10.8. The minimum atomic E-state index is -0.805. The molecule has 0 amide bonds. The summed E-state index contributed by atoms with van der Waals surface area (Å²) >= 11 is 0. The lowest BCUT2D eigenvalue weighted by molar-refractivity contribution is -0.136. The second-order valence-electron chi connectivity index (χ2n) is 5.73. The van der Waals surface area contributed by atoms with Crippen LogP contribution < -0.4 is 0 Å². The number of rotatable bonds is 4. The van der Waals surface area contributed by atoms with E-state index in [1.807, 2.05) is 29.1 Å². The van der Waals surface area contributed by atoms with Crippen LogP contribution in [0.1, 0.15) is 32.8 Å². The molecule has 20 heavy (non-hydrogen) atoms. The van der Waals surface area contributed by atoms with Gasteiger partial charge >= 0.3 is 5.97 Å². The number of nitrogens with zero attached hydrogens (tertiary/aromatic N) is 3. The van der Waals surface area contributed by atoms with Crippen LogP contribution in [0, 0.1) is 0 Å². The molecule has 0 bridgehead atoms. The van der Waals surface area contributed by atoms with Crippen molar-refractivity contribution >= 4 is 5.97 Å². The summed E-state index contributed by atoms with van der Waals surface area (Å²) in [4.78, 5) is 15.1. The third-order valence-corrected chi connectivity index (χ3v) is 2.99. The van der Waals surface area contributed by atoms with Crippen molar-refractivity contribution in [3.05, 3.63) is 36.2 Å². The zero-order valence-corrected chi connectivity index (χ0v) is 12.0. The third kappa shape index (κ3) is 3.23. The van der Waals surface area contributed by atoms with Crippen LogP contribution in [0.2, 0.25) is 0 Å². The minimum absolute atomic E-state index is 0.0929. The lowest BCUT2D eigenvalue weighted by atomic mass is 10.1. The Kier molecular flexibility index (Phi) is 3.88. The lowest BCUT2D eigenvalue weighted by Gasteiger charge is -2.18. The van der Waals surface area contributed by atoms with Crippen molar-refractivity contribution in [1.82, 2.24) is 14.8 Å². The molecule has 2 aromatic heterocycles. The van der Waals surface area contributed by atoms with Gasteiger partial charge in [-0.1, -0.05) is 6.07 Å². The van der Waals surface area contributed by atoms with Crippen molar-refractivity contribution in [1.29, 1.82) is 0 Å². The molecule has 0 spiro atoms. The van der Waals surface area contributed by atoms with Crippen molar-refractivity contribution < 1.29 is 9.90 Å². The Balaban J connectivity index is 2.42. The highest BCUT2D eigenvalue weighted by molar-refractivity contribution is 5.68. The zero-order chi connectivity index (χ0) is 14.8. The second-order valence-corrected chi connectivity index (χ2v) is 5.73. The molecule has 0 aliphatic carbocycles. The number of carboxylic acids is 1. The minimum Gasteiger partial charge on any atom is -0.481 e. The summed E-state index contributed by atoms with van der Waals surface area (Å²) < 4.78 is 1.87. The summed E-state index contributed by atoms with van der Waals surface area (Å²) in [5, 5.41) is 13.5. The summed E-state index contributed by atoms with van der Waals surface area (Å²) in [6, 6.07) is 5.64. The summed E-state index contributed by atoms with van der Waals surface area (Å²) in [6.07, 6.45) is 4.19. The third-order valence-electron chi connectivity index (χ3n) is 2.99. The molecule has 0 unspecified atom stereocenters. The average Bonchev–Trinajstić information content (AvgIpc) is 2.81. The van der Waals surface area contributed by atoms with Crippen LogP contribution in [0.25, 0.3) is 11.4 Å². The number of aryl methyl sites for hydroxylation is 1. The van der Waals surface area contributed by atoms with Gasteiger partial charge in [0, 0.05) is 24.4 Å². The number of hydrogen-bond acceptors (Lipinski definition) is 3. The van der Waals surface area contributed by atoms with Crippen molar-refractivity contribution in [3.63, 3.8) is 0 Å². The fourth-order valence-corrected chi connectivity index (χ4v) is 1.90. The number of carbonyl (C=O) groups is 1. The number of hydrogen-bond donors (Lipinski definition) is 1. The maximum atomic E-state index is 10.8. The van der Waals surface area contributed by atoms with Crippen LogP contribution in [0.5, 0.6) is 0 Å². The molecule has 5 heteroatoms. The quantitative estimate of drug-likeness (QED) is 0.930. The van der Waals surface area contributed by atoms with E-state index in [1.165, 1.54) is 0 Å². The van der Waals surface area contributed by atoms with E-state index in [0.717, 1.165) is 17.0 Å². The van der Waals surface area contributed by atoms with Crippen molar-refractivity contribution in [2.24, 2.45) is 0 Å². The van der Waals surface area contributed by atoms with Gasteiger partial charge < -0.3 is 5.11 Å². The van der Waals surface area contributed by atoms with Gasteiger partial charge in [0.05, 0.1) is 11.2 Å². The first-order chi connectivity index (χ1) is 9.38. The highest BCUT2D eigenvalue weighted by Gasteiger charge is 2.19. The van der Waals surface area contributed by atoms with E-state index in [4.69, 9.17) is 5.11 Å². The van der Waals surface area contributed by atoms with E-state index in [1.54, 1.807) is 6.20 Å².